The van der Waals surface area contributed by atoms with Crippen LogP contribution in [0.15, 0.2) is 66.7 Å². The molecule has 1 aliphatic rings. The van der Waals surface area contributed by atoms with Gasteiger partial charge in [0.25, 0.3) is 0 Å². The van der Waals surface area contributed by atoms with Crippen LogP contribution < -0.4 is 0 Å². The van der Waals surface area contributed by atoms with Gasteiger partial charge in [-0.3, -0.25) is 4.79 Å². The van der Waals surface area contributed by atoms with E-state index in [-0.39, 0.29) is 12.4 Å². The summed E-state index contributed by atoms with van der Waals surface area (Å²) in [5, 5.41) is 19.1. The van der Waals surface area contributed by atoms with Gasteiger partial charge in [0.15, 0.2) is 0 Å². The highest BCUT2D eigenvalue weighted by Gasteiger charge is 2.32. The average molecular weight is 388 g/mol. The molecule has 2 aromatic carbocycles. The Hall–Kier alpha value is -2.14. The predicted octanol–water partition coefficient (Wildman–Crippen LogP) is 3.70. The summed E-state index contributed by atoms with van der Waals surface area (Å²) in [6.45, 7) is 1.95. The molecule has 0 radical (unpaired) electrons. The molecule has 0 bridgehead atoms. The fourth-order valence-corrected chi connectivity index (χ4v) is 3.48. The number of piperidine rings is 1. The number of likely N-dealkylation sites (tertiary alicyclic amines) is 1. The lowest BCUT2D eigenvalue weighted by Crippen LogP contribution is -2.46. The zero-order valence-electron chi connectivity index (χ0n) is 15.2. The first-order valence-electron chi connectivity index (χ1n) is 9.09. The first kappa shape index (κ1) is 21.2. The maximum Gasteiger partial charge on any atom is 0.310 e. The van der Waals surface area contributed by atoms with E-state index in [2.05, 4.69) is 35.2 Å². The summed E-state index contributed by atoms with van der Waals surface area (Å²) in [6.07, 6.45) is 2.85. The molecule has 1 saturated heterocycles. The van der Waals surface area contributed by atoms with Crippen molar-refractivity contribution >= 4 is 23.9 Å². The Morgan fingerprint density at radius 1 is 1.04 bits per heavy atom. The minimum atomic E-state index is -0.910. The van der Waals surface area contributed by atoms with E-state index in [0.717, 1.165) is 19.5 Å². The van der Waals surface area contributed by atoms with Crippen LogP contribution in [0.25, 0.3) is 5.57 Å². The van der Waals surface area contributed by atoms with Crippen LogP contribution in [0.3, 0.4) is 0 Å². The fraction of sp³-hybridized carbons (Fsp3) is 0.318. The quantitative estimate of drug-likeness (QED) is 0.793. The molecule has 27 heavy (non-hydrogen) atoms. The van der Waals surface area contributed by atoms with Crippen molar-refractivity contribution in [2.75, 3.05) is 19.6 Å². The summed E-state index contributed by atoms with van der Waals surface area (Å²) in [6, 6.07) is 20.6. The van der Waals surface area contributed by atoms with Crippen molar-refractivity contribution in [3.8, 4) is 0 Å². The third kappa shape index (κ3) is 5.67. The molecule has 0 spiro atoms. The van der Waals surface area contributed by atoms with Crippen LogP contribution in [-0.4, -0.2) is 46.8 Å². The number of carboxylic acid groups (broad SMARTS) is 1. The van der Waals surface area contributed by atoms with Gasteiger partial charge in [0.1, 0.15) is 0 Å². The molecule has 2 atom stereocenters. The lowest BCUT2D eigenvalue weighted by Gasteiger charge is -2.33. The Morgan fingerprint density at radius 3 is 2.11 bits per heavy atom. The molecule has 1 aliphatic heterocycles. The van der Waals surface area contributed by atoms with Crippen molar-refractivity contribution < 1.29 is 15.0 Å². The number of hydrogen-bond donors (Lipinski definition) is 2. The Morgan fingerprint density at radius 2 is 1.59 bits per heavy atom. The number of aliphatic hydroxyl groups excluding tert-OH is 1. The Kier molecular flexibility index (Phi) is 8.04. The Labute approximate surface area is 166 Å². The lowest BCUT2D eigenvalue weighted by molar-refractivity contribution is -0.148. The molecule has 0 amide bonds. The molecule has 144 valence electrons. The summed E-state index contributed by atoms with van der Waals surface area (Å²) in [4.78, 5) is 13.4. The minimum Gasteiger partial charge on any atom is -0.481 e. The van der Waals surface area contributed by atoms with Gasteiger partial charge in [-0.1, -0.05) is 66.7 Å². The summed E-state index contributed by atoms with van der Waals surface area (Å²) < 4.78 is 0. The third-order valence-electron chi connectivity index (χ3n) is 4.94. The van der Waals surface area contributed by atoms with Crippen molar-refractivity contribution in [1.29, 1.82) is 0 Å². The van der Waals surface area contributed by atoms with Gasteiger partial charge in [0.05, 0.1) is 12.0 Å². The van der Waals surface area contributed by atoms with Crippen LogP contribution in [0, 0.1) is 5.92 Å². The molecular weight excluding hydrogens is 362 g/mol. The van der Waals surface area contributed by atoms with Crippen LogP contribution in [0.2, 0.25) is 0 Å². The average Bonchev–Trinajstić information content (AvgIpc) is 2.67. The molecule has 0 aliphatic carbocycles. The van der Waals surface area contributed by atoms with Gasteiger partial charge in [-0.15, -0.1) is 12.4 Å². The second-order valence-corrected chi connectivity index (χ2v) is 6.74. The number of nitrogens with zero attached hydrogens (tertiary/aromatic N) is 1. The third-order valence-corrected chi connectivity index (χ3v) is 4.94. The number of benzene rings is 2. The van der Waals surface area contributed by atoms with Gasteiger partial charge < -0.3 is 15.1 Å². The molecule has 3 rings (SSSR count). The monoisotopic (exact) mass is 387 g/mol. The number of halogens is 1. The van der Waals surface area contributed by atoms with Crippen molar-refractivity contribution in [2.24, 2.45) is 5.92 Å². The second kappa shape index (κ2) is 10.3. The fourth-order valence-electron chi connectivity index (χ4n) is 3.48. The van der Waals surface area contributed by atoms with Gasteiger partial charge in [-0.05, 0) is 29.5 Å². The normalized spacial score (nSPS) is 19.7. The van der Waals surface area contributed by atoms with E-state index in [9.17, 15) is 15.0 Å². The SMILES string of the molecule is Cl.O=C(O)[C@@H]1CN(CCC=C(c2ccccc2)c2ccccc2)CC[C@H]1O. The van der Waals surface area contributed by atoms with E-state index in [1.54, 1.807) is 0 Å². The largest absolute Gasteiger partial charge is 0.481 e. The number of aliphatic hydroxyl groups is 1. The standard InChI is InChI=1S/C22H25NO3.ClH/c24-21-13-15-23(16-20(21)22(25)26)14-7-12-19(17-8-3-1-4-9-17)18-10-5-2-6-11-18;/h1-6,8-12,20-21,24H,7,13-16H2,(H,25,26);1H/t20-,21-;/m1./s1. The molecule has 0 unspecified atom stereocenters. The van der Waals surface area contributed by atoms with Gasteiger partial charge in [0.2, 0.25) is 0 Å². The molecule has 2 aromatic rings. The van der Waals surface area contributed by atoms with E-state index in [1.165, 1.54) is 16.7 Å². The highest BCUT2D eigenvalue weighted by Crippen LogP contribution is 2.24. The van der Waals surface area contributed by atoms with Gasteiger partial charge >= 0.3 is 5.97 Å². The van der Waals surface area contributed by atoms with Crippen molar-refractivity contribution in [1.82, 2.24) is 4.90 Å². The molecule has 1 fully saturated rings. The summed E-state index contributed by atoms with van der Waals surface area (Å²) in [5.74, 6) is -1.59. The van der Waals surface area contributed by atoms with Crippen molar-refractivity contribution in [3.05, 3.63) is 77.9 Å². The topological polar surface area (TPSA) is 60.8 Å². The molecule has 4 nitrogen and oxygen atoms in total. The molecule has 0 saturated carbocycles. The number of rotatable bonds is 6. The van der Waals surface area contributed by atoms with E-state index in [1.807, 2.05) is 36.4 Å². The number of hydrogen-bond acceptors (Lipinski definition) is 3. The predicted molar refractivity (Wildman–Crippen MR) is 110 cm³/mol. The van der Waals surface area contributed by atoms with Crippen molar-refractivity contribution in [2.45, 2.75) is 18.9 Å². The molecule has 0 aromatic heterocycles. The van der Waals surface area contributed by atoms with Gasteiger partial charge in [-0.2, -0.15) is 0 Å². The zero-order chi connectivity index (χ0) is 18.4. The van der Waals surface area contributed by atoms with E-state index < -0.39 is 18.0 Å². The number of carboxylic acids is 1. The van der Waals surface area contributed by atoms with Crippen LogP contribution in [-0.2, 0) is 4.79 Å². The van der Waals surface area contributed by atoms with Crippen LogP contribution in [0.1, 0.15) is 24.0 Å². The van der Waals surface area contributed by atoms with Gasteiger partial charge in [-0.25, -0.2) is 0 Å². The summed E-state index contributed by atoms with van der Waals surface area (Å²) >= 11 is 0. The Bertz CT molecular complexity index is 707. The highest BCUT2D eigenvalue weighted by molar-refractivity contribution is 5.85. The lowest BCUT2D eigenvalue weighted by atomic mass is 9.94. The molecule has 1 heterocycles. The van der Waals surface area contributed by atoms with E-state index in [0.29, 0.717) is 13.0 Å². The summed E-state index contributed by atoms with van der Waals surface area (Å²) in [7, 11) is 0. The van der Waals surface area contributed by atoms with Crippen LogP contribution in [0.5, 0.6) is 0 Å². The highest BCUT2D eigenvalue weighted by atomic mass is 35.5. The number of aliphatic carboxylic acids is 1. The van der Waals surface area contributed by atoms with Crippen LogP contribution in [0.4, 0.5) is 0 Å². The second-order valence-electron chi connectivity index (χ2n) is 6.74. The first-order chi connectivity index (χ1) is 12.6. The zero-order valence-corrected chi connectivity index (χ0v) is 16.0. The van der Waals surface area contributed by atoms with Crippen LogP contribution >= 0.6 is 12.4 Å². The first-order valence-corrected chi connectivity index (χ1v) is 9.09. The molecule has 5 heteroatoms. The molecular formula is C22H26ClNO3. The summed E-state index contributed by atoms with van der Waals surface area (Å²) in [5.41, 5.74) is 3.55. The number of carbonyl (C=O) groups is 1. The Balaban J connectivity index is 0.00000261. The van der Waals surface area contributed by atoms with Crippen molar-refractivity contribution in [3.63, 3.8) is 0 Å². The smallest absolute Gasteiger partial charge is 0.310 e. The molecule has 2 N–H and O–H groups in total. The maximum absolute atomic E-state index is 11.3. The maximum atomic E-state index is 11.3. The minimum absolute atomic E-state index is 0. The van der Waals surface area contributed by atoms with Gasteiger partial charge in [0, 0.05) is 19.6 Å². The van der Waals surface area contributed by atoms with E-state index >= 15 is 0 Å². The van der Waals surface area contributed by atoms with E-state index in [4.69, 9.17) is 0 Å².